The van der Waals surface area contributed by atoms with Crippen LogP contribution in [0.15, 0.2) is 0 Å². The Kier molecular flexibility index (Phi) is 4.88. The number of likely N-dealkylation sites (tertiary alicyclic amines) is 1. The first-order valence-electron chi connectivity index (χ1n) is 6.26. The van der Waals surface area contributed by atoms with E-state index < -0.39 is 29.4 Å². The second-order valence-electron chi connectivity index (χ2n) is 5.43. The number of carboxylic acids is 1. The zero-order valence-corrected chi connectivity index (χ0v) is 11.5. The summed E-state index contributed by atoms with van der Waals surface area (Å²) < 4.78 is 0. The smallest absolute Gasteiger partial charge is 0.321 e. The highest BCUT2D eigenvalue weighted by atomic mass is 16.4. The molecule has 108 valence electrons. The number of rotatable bonds is 3. The lowest BCUT2D eigenvalue weighted by Gasteiger charge is -2.43. The summed E-state index contributed by atoms with van der Waals surface area (Å²) in [5.74, 6) is -1.43. The second kappa shape index (κ2) is 6.01. The number of nitrogens with one attached hydrogen (secondary N) is 2. The summed E-state index contributed by atoms with van der Waals surface area (Å²) in [7, 11) is 1.41. The zero-order valence-electron chi connectivity index (χ0n) is 11.5. The molecule has 0 aromatic heterocycles. The molecule has 1 atom stereocenters. The van der Waals surface area contributed by atoms with E-state index in [-0.39, 0.29) is 6.54 Å². The number of carbonyl (C=O) groups excluding carboxylic acids is 2. The van der Waals surface area contributed by atoms with Crippen LogP contribution in [-0.4, -0.2) is 54.1 Å². The lowest BCUT2D eigenvalue weighted by Crippen LogP contribution is -2.57. The van der Waals surface area contributed by atoms with Gasteiger partial charge in [0.25, 0.3) is 0 Å². The Bertz CT molecular complexity index is 381. The molecule has 3 amide bonds. The molecule has 0 aromatic rings. The summed E-state index contributed by atoms with van der Waals surface area (Å²) in [5.41, 5.74) is -0.391. The Morgan fingerprint density at radius 3 is 2.53 bits per heavy atom. The molecule has 0 bridgehead atoms. The molecule has 0 saturated carbocycles. The molecule has 19 heavy (non-hydrogen) atoms. The molecule has 0 spiro atoms. The van der Waals surface area contributed by atoms with Gasteiger partial charge < -0.3 is 10.4 Å². The summed E-state index contributed by atoms with van der Waals surface area (Å²) in [6, 6.07) is -1.30. The predicted molar refractivity (Wildman–Crippen MR) is 68.6 cm³/mol. The van der Waals surface area contributed by atoms with Gasteiger partial charge in [-0.25, -0.2) is 4.79 Å². The average molecular weight is 271 g/mol. The standard InChI is InChI=1S/C12H21N3O4/c1-12(2)5-4-6-15(9(12)10(17)18)7-8(16)14-11(19)13-3/h9H,4-7H2,1-3H3,(H,17,18)(H2,13,14,16,19). The SMILES string of the molecule is CNC(=O)NC(=O)CN1CCCC(C)(C)C1C(=O)O. The van der Waals surface area contributed by atoms with Crippen LogP contribution in [-0.2, 0) is 9.59 Å². The fourth-order valence-corrected chi connectivity index (χ4v) is 2.57. The Morgan fingerprint density at radius 1 is 1.37 bits per heavy atom. The molecule has 7 nitrogen and oxygen atoms in total. The third kappa shape index (κ3) is 3.92. The van der Waals surface area contributed by atoms with Crippen LogP contribution in [0.3, 0.4) is 0 Å². The fourth-order valence-electron chi connectivity index (χ4n) is 2.57. The van der Waals surface area contributed by atoms with Crippen molar-refractivity contribution in [1.29, 1.82) is 0 Å². The van der Waals surface area contributed by atoms with Crippen LogP contribution in [0.25, 0.3) is 0 Å². The van der Waals surface area contributed by atoms with Gasteiger partial charge in [0.1, 0.15) is 6.04 Å². The monoisotopic (exact) mass is 271 g/mol. The first-order valence-corrected chi connectivity index (χ1v) is 6.26. The maximum Gasteiger partial charge on any atom is 0.321 e. The van der Waals surface area contributed by atoms with Gasteiger partial charge in [-0.1, -0.05) is 13.8 Å². The van der Waals surface area contributed by atoms with E-state index >= 15 is 0 Å². The van der Waals surface area contributed by atoms with Crippen molar-refractivity contribution >= 4 is 17.9 Å². The lowest BCUT2D eigenvalue weighted by molar-refractivity contribution is -0.151. The van der Waals surface area contributed by atoms with Crippen molar-refractivity contribution in [3.05, 3.63) is 0 Å². The number of hydrogen-bond acceptors (Lipinski definition) is 4. The summed E-state index contributed by atoms with van der Waals surface area (Å²) in [6.07, 6.45) is 1.64. The number of carbonyl (C=O) groups is 3. The van der Waals surface area contributed by atoms with Gasteiger partial charge in [0.2, 0.25) is 5.91 Å². The Balaban J connectivity index is 2.72. The summed E-state index contributed by atoms with van der Waals surface area (Å²) in [6.45, 7) is 4.22. The number of hydrogen-bond donors (Lipinski definition) is 3. The third-order valence-corrected chi connectivity index (χ3v) is 3.43. The van der Waals surface area contributed by atoms with Gasteiger partial charge in [0.05, 0.1) is 6.54 Å². The summed E-state index contributed by atoms with van der Waals surface area (Å²) in [5, 5.41) is 13.8. The van der Waals surface area contributed by atoms with E-state index in [1.54, 1.807) is 4.90 Å². The van der Waals surface area contributed by atoms with Gasteiger partial charge in [-0.15, -0.1) is 0 Å². The highest BCUT2D eigenvalue weighted by molar-refractivity contribution is 5.95. The molecular weight excluding hydrogens is 250 g/mol. The minimum Gasteiger partial charge on any atom is -0.480 e. The predicted octanol–water partition coefficient (Wildman–Crippen LogP) is 0.0172. The van der Waals surface area contributed by atoms with Gasteiger partial charge in [-0.3, -0.25) is 19.8 Å². The Hall–Kier alpha value is -1.63. The van der Waals surface area contributed by atoms with Crippen LogP contribution < -0.4 is 10.6 Å². The quantitative estimate of drug-likeness (QED) is 0.672. The van der Waals surface area contributed by atoms with Crippen LogP contribution in [0.1, 0.15) is 26.7 Å². The zero-order chi connectivity index (χ0) is 14.6. The molecule has 1 aliphatic heterocycles. The second-order valence-corrected chi connectivity index (χ2v) is 5.43. The van der Waals surface area contributed by atoms with E-state index in [0.29, 0.717) is 6.54 Å². The van der Waals surface area contributed by atoms with Crippen molar-refractivity contribution in [3.63, 3.8) is 0 Å². The largest absolute Gasteiger partial charge is 0.480 e. The highest BCUT2D eigenvalue weighted by Gasteiger charge is 2.42. The van der Waals surface area contributed by atoms with Crippen LogP contribution in [0.4, 0.5) is 4.79 Å². The van der Waals surface area contributed by atoms with Crippen molar-refractivity contribution in [2.24, 2.45) is 5.41 Å². The minimum atomic E-state index is -0.933. The van der Waals surface area contributed by atoms with Crippen molar-refractivity contribution in [1.82, 2.24) is 15.5 Å². The minimum absolute atomic E-state index is 0.0895. The van der Waals surface area contributed by atoms with Gasteiger partial charge in [-0.2, -0.15) is 0 Å². The molecule has 0 aromatic carbocycles. The maximum absolute atomic E-state index is 11.7. The topological polar surface area (TPSA) is 98.7 Å². The highest BCUT2D eigenvalue weighted by Crippen LogP contribution is 2.35. The number of piperidine rings is 1. The molecule has 1 fully saturated rings. The lowest BCUT2D eigenvalue weighted by atomic mass is 9.76. The Morgan fingerprint density at radius 2 is 2.00 bits per heavy atom. The molecule has 0 aliphatic carbocycles. The molecule has 1 heterocycles. The van der Waals surface area contributed by atoms with Crippen molar-refractivity contribution < 1.29 is 19.5 Å². The van der Waals surface area contributed by atoms with Crippen LogP contribution >= 0.6 is 0 Å². The number of urea groups is 1. The Labute approximate surface area is 112 Å². The van der Waals surface area contributed by atoms with Gasteiger partial charge in [0.15, 0.2) is 0 Å². The molecule has 1 unspecified atom stereocenters. The van der Waals surface area contributed by atoms with E-state index in [2.05, 4.69) is 10.6 Å². The van der Waals surface area contributed by atoms with Crippen molar-refractivity contribution in [3.8, 4) is 0 Å². The first-order chi connectivity index (χ1) is 8.77. The number of amides is 3. The van der Waals surface area contributed by atoms with Crippen molar-refractivity contribution in [2.75, 3.05) is 20.1 Å². The van der Waals surface area contributed by atoms with Gasteiger partial charge in [-0.05, 0) is 24.8 Å². The maximum atomic E-state index is 11.7. The van der Waals surface area contributed by atoms with Crippen molar-refractivity contribution in [2.45, 2.75) is 32.7 Å². The van der Waals surface area contributed by atoms with Crippen LogP contribution in [0.5, 0.6) is 0 Å². The molecule has 3 N–H and O–H groups in total. The van der Waals surface area contributed by atoms with Crippen LogP contribution in [0, 0.1) is 5.41 Å². The third-order valence-electron chi connectivity index (χ3n) is 3.43. The van der Waals surface area contributed by atoms with E-state index in [9.17, 15) is 19.5 Å². The number of aliphatic carboxylic acids is 1. The van der Waals surface area contributed by atoms with Crippen LogP contribution in [0.2, 0.25) is 0 Å². The first kappa shape index (κ1) is 15.4. The van der Waals surface area contributed by atoms with E-state index in [1.807, 2.05) is 13.8 Å². The number of carboxylic acid groups (broad SMARTS) is 1. The number of imide groups is 1. The normalized spacial score (nSPS) is 22.6. The summed E-state index contributed by atoms with van der Waals surface area (Å²) in [4.78, 5) is 35.7. The molecule has 1 rings (SSSR count). The number of nitrogens with zero attached hydrogens (tertiary/aromatic N) is 1. The van der Waals surface area contributed by atoms with E-state index in [1.165, 1.54) is 7.05 Å². The molecule has 0 radical (unpaired) electrons. The van der Waals surface area contributed by atoms with E-state index in [0.717, 1.165) is 12.8 Å². The fraction of sp³-hybridized carbons (Fsp3) is 0.750. The molecular formula is C12H21N3O4. The summed E-state index contributed by atoms with van der Waals surface area (Å²) >= 11 is 0. The molecule has 7 heteroatoms. The molecule has 1 aliphatic rings. The average Bonchev–Trinajstić information content (AvgIpc) is 2.26. The van der Waals surface area contributed by atoms with E-state index in [4.69, 9.17) is 0 Å². The van der Waals surface area contributed by atoms with Gasteiger partial charge >= 0.3 is 12.0 Å². The van der Waals surface area contributed by atoms with Gasteiger partial charge in [0, 0.05) is 7.05 Å². The molecule has 1 saturated heterocycles.